The minimum Gasteiger partial charge on any atom is -0.481 e. The Kier molecular flexibility index (Phi) is 11.2. The van der Waals surface area contributed by atoms with E-state index in [4.69, 9.17) is 14.2 Å². The molecule has 1 rings (SSSR count). The highest BCUT2D eigenvalue weighted by molar-refractivity contribution is 5.94. The number of nitrogens with zero attached hydrogens (tertiary/aromatic N) is 1. The summed E-state index contributed by atoms with van der Waals surface area (Å²) in [5.41, 5.74) is 0.0728. The Morgan fingerprint density at radius 1 is 1.24 bits per heavy atom. The van der Waals surface area contributed by atoms with Crippen molar-refractivity contribution in [3.63, 3.8) is 0 Å². The molecule has 0 spiro atoms. The smallest absolute Gasteiger partial charge is 0.308 e. The van der Waals surface area contributed by atoms with Crippen LogP contribution < -0.4 is 5.32 Å². The molecule has 0 heterocycles. The summed E-state index contributed by atoms with van der Waals surface area (Å²) < 4.78 is 15.7. The van der Waals surface area contributed by atoms with E-state index in [1.54, 1.807) is 6.92 Å². The Bertz CT molecular complexity index is 677. The summed E-state index contributed by atoms with van der Waals surface area (Å²) in [6, 6.07) is 4.46. The average Bonchev–Trinajstić information content (AvgIpc) is 2.70. The number of nitro benzene ring substituents is 1. The predicted octanol–water partition coefficient (Wildman–Crippen LogP) is 2.00. The Labute approximate surface area is 168 Å². The summed E-state index contributed by atoms with van der Waals surface area (Å²) in [5.74, 6) is -2.43. The van der Waals surface area contributed by atoms with Crippen molar-refractivity contribution in [2.75, 3.05) is 33.2 Å². The van der Waals surface area contributed by atoms with Crippen LogP contribution >= 0.6 is 0 Å². The summed E-state index contributed by atoms with van der Waals surface area (Å²) >= 11 is 0. The number of benzene rings is 1. The number of hydrogen-bond acceptors (Lipinski definition) is 7. The lowest BCUT2D eigenvalue weighted by Crippen LogP contribution is -2.41. The highest BCUT2D eigenvalue weighted by atomic mass is 16.7. The first-order valence-corrected chi connectivity index (χ1v) is 9.01. The molecule has 10 heteroatoms. The van der Waals surface area contributed by atoms with Crippen LogP contribution in [0.3, 0.4) is 0 Å². The number of nitro groups is 1. The first-order valence-electron chi connectivity index (χ1n) is 9.01. The number of ether oxygens (including phenoxy) is 3. The van der Waals surface area contributed by atoms with Gasteiger partial charge < -0.3 is 24.6 Å². The third-order valence-electron chi connectivity index (χ3n) is 3.84. The fraction of sp³-hybridized carbons (Fsp3) is 0.474. The van der Waals surface area contributed by atoms with Gasteiger partial charge in [-0.15, -0.1) is 6.58 Å². The number of non-ortho nitro benzene ring substituents is 1. The second-order valence-corrected chi connectivity index (χ2v) is 6.05. The third-order valence-corrected chi connectivity index (χ3v) is 3.84. The van der Waals surface area contributed by atoms with Crippen molar-refractivity contribution in [1.82, 2.24) is 5.32 Å². The van der Waals surface area contributed by atoms with Crippen LogP contribution in [0.2, 0.25) is 0 Å². The molecule has 0 saturated heterocycles. The summed E-state index contributed by atoms with van der Waals surface area (Å²) in [6.07, 6.45) is 1.58. The van der Waals surface area contributed by atoms with E-state index in [9.17, 15) is 24.8 Å². The van der Waals surface area contributed by atoms with Crippen LogP contribution in [0.4, 0.5) is 5.69 Å². The van der Waals surface area contributed by atoms with Crippen molar-refractivity contribution in [2.24, 2.45) is 5.92 Å². The molecule has 1 aromatic rings. The van der Waals surface area contributed by atoms with E-state index in [1.165, 1.54) is 30.3 Å². The normalized spacial score (nSPS) is 12.7. The monoisotopic (exact) mass is 410 g/mol. The van der Waals surface area contributed by atoms with Gasteiger partial charge in [-0.2, -0.15) is 0 Å². The van der Waals surface area contributed by atoms with E-state index in [0.29, 0.717) is 6.61 Å². The van der Waals surface area contributed by atoms with Gasteiger partial charge >= 0.3 is 5.97 Å². The van der Waals surface area contributed by atoms with Crippen molar-refractivity contribution in [1.29, 1.82) is 0 Å². The number of aliphatic carboxylic acids is 1. The zero-order valence-corrected chi connectivity index (χ0v) is 16.2. The molecule has 0 aliphatic heterocycles. The second kappa shape index (κ2) is 13.4. The van der Waals surface area contributed by atoms with Gasteiger partial charge in [-0.3, -0.25) is 19.7 Å². The minimum atomic E-state index is -1.06. The lowest BCUT2D eigenvalue weighted by atomic mass is 10.0. The van der Waals surface area contributed by atoms with Crippen LogP contribution in [0.5, 0.6) is 0 Å². The number of amides is 1. The van der Waals surface area contributed by atoms with Gasteiger partial charge in [0.15, 0.2) is 0 Å². The molecule has 0 bridgehead atoms. The van der Waals surface area contributed by atoms with Crippen molar-refractivity contribution >= 4 is 17.6 Å². The number of carboxylic acid groups (broad SMARTS) is 1. The SMILES string of the molecule is C=CCOC[C@@H](C[C@@H](COCOCC)NC(=O)c1ccc([N+](=O)[O-])cc1)C(=O)O. The van der Waals surface area contributed by atoms with E-state index in [0.717, 1.165) is 0 Å². The van der Waals surface area contributed by atoms with Crippen molar-refractivity contribution in [3.05, 3.63) is 52.6 Å². The van der Waals surface area contributed by atoms with Crippen LogP contribution in [0, 0.1) is 16.0 Å². The maximum atomic E-state index is 12.5. The van der Waals surface area contributed by atoms with Gasteiger partial charge in [0.05, 0.1) is 36.7 Å². The molecular weight excluding hydrogens is 384 g/mol. The maximum absolute atomic E-state index is 12.5. The van der Waals surface area contributed by atoms with Gasteiger partial charge in [-0.05, 0) is 25.5 Å². The van der Waals surface area contributed by atoms with Crippen LogP contribution in [-0.2, 0) is 19.0 Å². The molecular formula is C19H26N2O8. The topological polar surface area (TPSA) is 137 Å². The van der Waals surface area contributed by atoms with E-state index in [-0.39, 0.29) is 44.3 Å². The molecule has 0 aliphatic rings. The Hall–Kier alpha value is -2.82. The molecule has 1 aromatic carbocycles. The quantitative estimate of drug-likeness (QED) is 0.147. The first kappa shape index (κ1) is 24.2. The molecule has 160 valence electrons. The van der Waals surface area contributed by atoms with Crippen LogP contribution in [0.25, 0.3) is 0 Å². The number of carbonyl (C=O) groups is 2. The van der Waals surface area contributed by atoms with Crippen molar-refractivity contribution < 1.29 is 33.8 Å². The molecule has 0 fully saturated rings. The van der Waals surface area contributed by atoms with Gasteiger partial charge in [0, 0.05) is 24.3 Å². The van der Waals surface area contributed by atoms with Crippen LogP contribution in [0.1, 0.15) is 23.7 Å². The fourth-order valence-corrected chi connectivity index (χ4v) is 2.38. The Balaban J connectivity index is 2.80. The molecule has 10 nitrogen and oxygen atoms in total. The number of carbonyl (C=O) groups excluding carboxylic acids is 1. The minimum absolute atomic E-state index is 0.00506. The van der Waals surface area contributed by atoms with Crippen molar-refractivity contribution in [2.45, 2.75) is 19.4 Å². The summed E-state index contributed by atoms with van der Waals surface area (Å²) in [7, 11) is 0. The Morgan fingerprint density at radius 3 is 2.48 bits per heavy atom. The molecule has 0 aliphatic carbocycles. The number of hydrogen-bond donors (Lipinski definition) is 2. The lowest BCUT2D eigenvalue weighted by Gasteiger charge is -2.22. The molecule has 0 radical (unpaired) electrons. The molecule has 2 N–H and O–H groups in total. The summed E-state index contributed by atoms with van der Waals surface area (Å²) in [4.78, 5) is 34.2. The molecule has 1 amide bonds. The molecule has 0 saturated carbocycles. The summed E-state index contributed by atoms with van der Waals surface area (Å²) in [6.45, 7) is 5.96. The second-order valence-electron chi connectivity index (χ2n) is 6.05. The van der Waals surface area contributed by atoms with E-state index < -0.39 is 28.8 Å². The standard InChI is InChI=1S/C19H26N2O8/c1-3-9-28-11-15(19(23)24)10-16(12-29-13-27-4-2)20-18(22)14-5-7-17(8-6-14)21(25)26/h3,5-8,15-16H,1,4,9-13H2,2H3,(H,20,22)(H,23,24)/t15-,16+/m1/s1. The van der Waals surface area contributed by atoms with Gasteiger partial charge in [-0.1, -0.05) is 6.08 Å². The predicted molar refractivity (Wildman–Crippen MR) is 104 cm³/mol. The summed E-state index contributed by atoms with van der Waals surface area (Å²) in [5, 5.41) is 22.9. The van der Waals surface area contributed by atoms with E-state index in [2.05, 4.69) is 11.9 Å². The van der Waals surface area contributed by atoms with Crippen LogP contribution in [-0.4, -0.2) is 61.2 Å². The first-order chi connectivity index (χ1) is 13.9. The van der Waals surface area contributed by atoms with E-state index >= 15 is 0 Å². The lowest BCUT2D eigenvalue weighted by molar-refractivity contribution is -0.384. The number of carboxylic acids is 1. The van der Waals surface area contributed by atoms with Crippen LogP contribution in [0.15, 0.2) is 36.9 Å². The largest absolute Gasteiger partial charge is 0.481 e. The zero-order valence-electron chi connectivity index (χ0n) is 16.2. The average molecular weight is 410 g/mol. The van der Waals surface area contributed by atoms with Crippen molar-refractivity contribution in [3.8, 4) is 0 Å². The van der Waals surface area contributed by atoms with Gasteiger partial charge in [0.1, 0.15) is 6.79 Å². The zero-order chi connectivity index (χ0) is 21.6. The van der Waals surface area contributed by atoms with Gasteiger partial charge in [0.2, 0.25) is 0 Å². The fourth-order valence-electron chi connectivity index (χ4n) is 2.38. The molecule has 0 aromatic heterocycles. The molecule has 0 unspecified atom stereocenters. The highest BCUT2D eigenvalue weighted by Gasteiger charge is 2.25. The third kappa shape index (κ3) is 9.28. The molecule has 2 atom stereocenters. The Morgan fingerprint density at radius 2 is 1.93 bits per heavy atom. The van der Waals surface area contributed by atoms with Gasteiger partial charge in [-0.25, -0.2) is 0 Å². The van der Waals surface area contributed by atoms with E-state index in [1.807, 2.05) is 0 Å². The van der Waals surface area contributed by atoms with Gasteiger partial charge in [0.25, 0.3) is 11.6 Å². The number of rotatable bonds is 15. The highest BCUT2D eigenvalue weighted by Crippen LogP contribution is 2.14. The maximum Gasteiger partial charge on any atom is 0.308 e. The molecule has 29 heavy (non-hydrogen) atoms. The number of nitrogens with one attached hydrogen (secondary N) is 1.